The highest BCUT2D eigenvalue weighted by molar-refractivity contribution is 6.30. The van der Waals surface area contributed by atoms with Crippen molar-refractivity contribution in [2.45, 2.75) is 13.0 Å². The molecule has 0 bridgehead atoms. The summed E-state index contributed by atoms with van der Waals surface area (Å²) in [6.07, 6.45) is 0.639. The van der Waals surface area contributed by atoms with Crippen molar-refractivity contribution < 1.29 is 9.21 Å². The first-order chi connectivity index (χ1) is 14.1. The van der Waals surface area contributed by atoms with Crippen LogP contribution < -0.4 is 5.63 Å². The molecule has 0 fully saturated rings. The van der Waals surface area contributed by atoms with Crippen LogP contribution in [0.25, 0.3) is 22.2 Å². The Bertz CT molecular complexity index is 1290. The summed E-state index contributed by atoms with van der Waals surface area (Å²) in [7, 11) is 0. The number of para-hydroxylation sites is 1. The summed E-state index contributed by atoms with van der Waals surface area (Å²) in [5, 5.41) is 8.88. The van der Waals surface area contributed by atoms with Crippen LogP contribution in [-0.4, -0.2) is 27.5 Å². The van der Waals surface area contributed by atoms with Crippen LogP contribution >= 0.6 is 11.6 Å². The summed E-state index contributed by atoms with van der Waals surface area (Å²) in [6, 6.07) is 16.2. The first-order valence-electron chi connectivity index (χ1n) is 9.24. The van der Waals surface area contributed by atoms with Crippen molar-refractivity contribution in [1.82, 2.24) is 15.1 Å². The van der Waals surface area contributed by atoms with E-state index in [0.717, 1.165) is 27.9 Å². The largest absolute Gasteiger partial charge is 0.422 e. The molecule has 4 aromatic rings. The van der Waals surface area contributed by atoms with E-state index >= 15 is 0 Å². The molecule has 1 amide bonds. The van der Waals surface area contributed by atoms with Crippen LogP contribution in [0.2, 0.25) is 5.02 Å². The maximum atomic E-state index is 13.1. The van der Waals surface area contributed by atoms with Crippen LogP contribution in [0.5, 0.6) is 0 Å². The number of aromatic amines is 1. The van der Waals surface area contributed by atoms with Crippen molar-refractivity contribution in [3.8, 4) is 11.3 Å². The topological polar surface area (TPSA) is 79.2 Å². The van der Waals surface area contributed by atoms with Crippen molar-refractivity contribution >= 4 is 28.5 Å². The van der Waals surface area contributed by atoms with E-state index < -0.39 is 5.63 Å². The fourth-order valence-electron chi connectivity index (χ4n) is 3.70. The molecule has 0 saturated heterocycles. The Labute approximate surface area is 170 Å². The van der Waals surface area contributed by atoms with Gasteiger partial charge in [-0.25, -0.2) is 4.79 Å². The van der Waals surface area contributed by atoms with Crippen LogP contribution in [0.4, 0.5) is 0 Å². The zero-order chi connectivity index (χ0) is 20.0. The minimum Gasteiger partial charge on any atom is -0.422 e. The van der Waals surface area contributed by atoms with Gasteiger partial charge in [0.1, 0.15) is 11.1 Å². The molecule has 2 aromatic heterocycles. The average molecular weight is 406 g/mol. The molecule has 5 rings (SSSR count). The number of nitrogens with one attached hydrogen (secondary N) is 1. The highest BCUT2D eigenvalue weighted by Crippen LogP contribution is 2.29. The number of carbonyl (C=O) groups is 1. The third-order valence-electron chi connectivity index (χ3n) is 5.21. The number of hydrogen-bond donors (Lipinski definition) is 1. The fourth-order valence-corrected chi connectivity index (χ4v) is 3.82. The Morgan fingerprint density at radius 3 is 2.76 bits per heavy atom. The first kappa shape index (κ1) is 17.7. The van der Waals surface area contributed by atoms with E-state index in [9.17, 15) is 9.59 Å². The Kier molecular flexibility index (Phi) is 4.21. The van der Waals surface area contributed by atoms with E-state index in [4.69, 9.17) is 16.0 Å². The third kappa shape index (κ3) is 3.11. The van der Waals surface area contributed by atoms with E-state index in [0.29, 0.717) is 30.1 Å². The highest BCUT2D eigenvalue weighted by atomic mass is 35.5. The second-order valence-corrected chi connectivity index (χ2v) is 7.43. The minimum atomic E-state index is -0.621. The number of H-pyrrole nitrogens is 1. The Morgan fingerprint density at radius 1 is 1.14 bits per heavy atom. The maximum Gasteiger partial charge on any atom is 0.349 e. The molecule has 144 valence electrons. The van der Waals surface area contributed by atoms with E-state index in [-0.39, 0.29) is 11.5 Å². The van der Waals surface area contributed by atoms with Gasteiger partial charge in [0.05, 0.1) is 5.69 Å². The number of nitrogens with zero attached hydrogens (tertiary/aromatic N) is 2. The van der Waals surface area contributed by atoms with Crippen molar-refractivity contribution in [3.63, 3.8) is 0 Å². The number of amides is 1. The van der Waals surface area contributed by atoms with E-state index in [1.54, 1.807) is 23.1 Å². The van der Waals surface area contributed by atoms with Gasteiger partial charge in [-0.3, -0.25) is 9.89 Å². The van der Waals surface area contributed by atoms with Crippen molar-refractivity contribution in [1.29, 1.82) is 0 Å². The van der Waals surface area contributed by atoms with Crippen LogP contribution in [0, 0.1) is 0 Å². The van der Waals surface area contributed by atoms with Gasteiger partial charge in [0.25, 0.3) is 5.91 Å². The van der Waals surface area contributed by atoms with Crippen molar-refractivity contribution in [2.75, 3.05) is 6.54 Å². The molecule has 1 aliphatic rings. The maximum absolute atomic E-state index is 13.1. The van der Waals surface area contributed by atoms with Gasteiger partial charge in [-0.1, -0.05) is 41.9 Å². The monoisotopic (exact) mass is 405 g/mol. The normalized spacial score (nSPS) is 13.5. The van der Waals surface area contributed by atoms with Gasteiger partial charge in [-0.05, 0) is 24.3 Å². The standard InChI is InChI=1S/C22H16ClN3O3/c23-15-7-5-13(6-8-15)20-17-12-26(10-9-18(17)24-25-20)21(27)16-11-14-3-1-2-4-19(14)29-22(16)28/h1-8,11H,9-10,12H2,(H,24,25). The number of aromatic nitrogens is 2. The Hall–Kier alpha value is -3.38. The number of carbonyl (C=O) groups excluding carboxylic acids is 1. The molecule has 0 unspecified atom stereocenters. The Morgan fingerprint density at radius 2 is 1.93 bits per heavy atom. The lowest BCUT2D eigenvalue weighted by Gasteiger charge is -2.27. The molecule has 0 atom stereocenters. The van der Waals surface area contributed by atoms with E-state index in [2.05, 4.69) is 10.2 Å². The average Bonchev–Trinajstić information content (AvgIpc) is 3.16. The Balaban J connectivity index is 1.49. The summed E-state index contributed by atoms with van der Waals surface area (Å²) < 4.78 is 5.33. The summed E-state index contributed by atoms with van der Waals surface area (Å²) in [5.41, 5.74) is 3.57. The third-order valence-corrected chi connectivity index (χ3v) is 5.46. The summed E-state index contributed by atoms with van der Waals surface area (Å²) in [6.45, 7) is 0.870. The number of hydrogen-bond acceptors (Lipinski definition) is 4. The van der Waals surface area contributed by atoms with E-state index in [1.807, 2.05) is 36.4 Å². The highest BCUT2D eigenvalue weighted by Gasteiger charge is 2.28. The van der Waals surface area contributed by atoms with E-state index in [1.165, 1.54) is 0 Å². The van der Waals surface area contributed by atoms with Crippen molar-refractivity contribution in [2.24, 2.45) is 0 Å². The molecule has 0 aliphatic carbocycles. The van der Waals surface area contributed by atoms with Gasteiger partial charge in [0, 0.05) is 46.7 Å². The molecular weight excluding hydrogens is 390 g/mol. The molecule has 1 N–H and O–H groups in total. The summed E-state index contributed by atoms with van der Waals surface area (Å²) in [4.78, 5) is 27.2. The molecule has 3 heterocycles. The number of benzene rings is 2. The lowest BCUT2D eigenvalue weighted by Crippen LogP contribution is -2.38. The van der Waals surface area contributed by atoms with Gasteiger partial charge < -0.3 is 9.32 Å². The van der Waals surface area contributed by atoms with Crippen LogP contribution in [0.1, 0.15) is 21.6 Å². The number of rotatable bonds is 2. The zero-order valence-corrected chi connectivity index (χ0v) is 16.1. The second kappa shape index (κ2) is 6.90. The lowest BCUT2D eigenvalue weighted by molar-refractivity contribution is 0.0730. The lowest BCUT2D eigenvalue weighted by atomic mass is 10.0. The zero-order valence-electron chi connectivity index (χ0n) is 15.3. The second-order valence-electron chi connectivity index (χ2n) is 7.00. The fraction of sp³-hybridized carbons (Fsp3) is 0.136. The molecule has 1 aliphatic heterocycles. The summed E-state index contributed by atoms with van der Waals surface area (Å²) in [5.74, 6) is -0.335. The molecule has 0 spiro atoms. The molecular formula is C22H16ClN3O3. The van der Waals surface area contributed by atoms with Gasteiger partial charge in [-0.15, -0.1) is 0 Å². The van der Waals surface area contributed by atoms with Gasteiger partial charge >= 0.3 is 5.63 Å². The minimum absolute atomic E-state index is 0.0451. The smallest absolute Gasteiger partial charge is 0.349 e. The van der Waals surface area contributed by atoms with Crippen LogP contribution in [0.15, 0.2) is 63.8 Å². The number of fused-ring (bicyclic) bond motifs is 2. The number of halogens is 1. The molecule has 7 heteroatoms. The van der Waals surface area contributed by atoms with Crippen molar-refractivity contribution in [3.05, 3.63) is 86.9 Å². The quantitative estimate of drug-likeness (QED) is 0.510. The molecule has 6 nitrogen and oxygen atoms in total. The SMILES string of the molecule is O=C(c1cc2ccccc2oc1=O)N1CCc2[nH]nc(-c3ccc(Cl)cc3)c2C1. The van der Waals surface area contributed by atoms with Crippen LogP contribution in [-0.2, 0) is 13.0 Å². The molecule has 0 saturated carbocycles. The van der Waals surface area contributed by atoms with Gasteiger partial charge in [-0.2, -0.15) is 5.10 Å². The predicted octanol–water partition coefficient (Wildman–Crippen LogP) is 4.04. The predicted molar refractivity (Wildman–Crippen MR) is 110 cm³/mol. The molecule has 29 heavy (non-hydrogen) atoms. The molecule has 0 radical (unpaired) electrons. The summed E-state index contributed by atoms with van der Waals surface area (Å²) >= 11 is 5.99. The van der Waals surface area contributed by atoms with Crippen LogP contribution in [0.3, 0.4) is 0 Å². The van der Waals surface area contributed by atoms with Gasteiger partial charge in [0.15, 0.2) is 0 Å². The first-order valence-corrected chi connectivity index (χ1v) is 9.62. The van der Waals surface area contributed by atoms with Gasteiger partial charge in [0.2, 0.25) is 0 Å². The molecule has 2 aromatic carbocycles.